The van der Waals surface area contributed by atoms with Crippen molar-refractivity contribution in [1.29, 1.82) is 0 Å². The fourth-order valence-corrected chi connectivity index (χ4v) is 12.3. The van der Waals surface area contributed by atoms with Crippen molar-refractivity contribution in [3.8, 4) is 0 Å². The number of rotatable bonds is 2. The maximum Gasteiger partial charge on any atom is 0.223 e. The SMILES string of the molecule is C[C@]12CC[C@H]3[C@@H](CC[C@H]4SC(=O)C=C[C@@]43C)[C@@H]1C[C@H](C(=O)NC13CC4CC(CC(C4)C1)C3)C2. The molecular weight excluding hydrogens is 426 g/mol. The quantitative estimate of drug-likeness (QED) is 0.531. The molecular formula is C29H41NO2S. The largest absolute Gasteiger partial charge is 0.350 e. The van der Waals surface area contributed by atoms with Gasteiger partial charge in [-0.2, -0.15) is 0 Å². The number of amides is 1. The maximum atomic E-state index is 13.7. The minimum Gasteiger partial charge on any atom is -0.350 e. The van der Waals surface area contributed by atoms with Crippen molar-refractivity contribution in [3.63, 3.8) is 0 Å². The average Bonchev–Trinajstić information content (AvgIpc) is 3.11. The Bertz CT molecular complexity index is 876. The van der Waals surface area contributed by atoms with E-state index in [2.05, 4.69) is 25.2 Å². The number of thioether (sulfide) groups is 1. The molecule has 8 aliphatic rings. The molecule has 1 amide bonds. The zero-order valence-electron chi connectivity index (χ0n) is 20.5. The summed E-state index contributed by atoms with van der Waals surface area (Å²) >= 11 is 1.60. The van der Waals surface area contributed by atoms with Gasteiger partial charge >= 0.3 is 0 Å². The third-order valence-corrected chi connectivity index (χ3v) is 13.5. The predicted octanol–water partition coefficient (Wildman–Crippen LogP) is 6.13. The Morgan fingerprint density at radius 1 is 0.939 bits per heavy atom. The standard InChI is InChI=1S/C29H41NO2S/c1-27-7-5-22-21(3-4-24-28(22,2)8-6-25(31)33-24)23(27)12-20(16-27)26(32)30-29-13-17-9-18(14-29)11-19(10-17)15-29/h6,8,17-24H,3-5,7,9-16H2,1-2H3,(H,30,32)/t17?,18?,19?,20-,21+,22-,23-,24+,27+,28+,29?/m0/s1. The van der Waals surface area contributed by atoms with Crippen LogP contribution in [0.25, 0.3) is 0 Å². The van der Waals surface area contributed by atoms with Crippen LogP contribution in [0.5, 0.6) is 0 Å². The highest BCUT2D eigenvalue weighted by atomic mass is 32.2. The van der Waals surface area contributed by atoms with Gasteiger partial charge in [-0.25, -0.2) is 0 Å². The van der Waals surface area contributed by atoms with Crippen LogP contribution in [-0.2, 0) is 9.59 Å². The summed E-state index contributed by atoms with van der Waals surface area (Å²) < 4.78 is 0. The summed E-state index contributed by atoms with van der Waals surface area (Å²) in [6, 6.07) is 0. The Morgan fingerprint density at radius 3 is 2.33 bits per heavy atom. The summed E-state index contributed by atoms with van der Waals surface area (Å²) in [5.41, 5.74) is 0.628. The monoisotopic (exact) mass is 467 g/mol. The van der Waals surface area contributed by atoms with Crippen LogP contribution in [0.3, 0.4) is 0 Å². The Balaban J connectivity index is 1.09. The number of hydrogen-bond donors (Lipinski definition) is 1. The highest BCUT2D eigenvalue weighted by Crippen LogP contribution is 2.66. The summed E-state index contributed by atoms with van der Waals surface area (Å²) in [4.78, 5) is 25.8. The molecule has 1 heterocycles. The lowest BCUT2D eigenvalue weighted by Crippen LogP contribution is -2.60. The molecule has 7 aliphatic carbocycles. The first-order valence-corrected chi connectivity index (χ1v) is 14.9. The van der Waals surface area contributed by atoms with Gasteiger partial charge in [-0.3, -0.25) is 9.59 Å². The van der Waals surface area contributed by atoms with E-state index in [1.807, 2.05) is 6.08 Å². The molecule has 0 aromatic heterocycles. The number of fused-ring (bicyclic) bond motifs is 5. The Labute approximate surface area is 203 Å². The van der Waals surface area contributed by atoms with Gasteiger partial charge in [0, 0.05) is 22.1 Å². The second kappa shape index (κ2) is 7.14. The highest BCUT2D eigenvalue weighted by Gasteiger charge is 2.60. The Morgan fingerprint density at radius 2 is 1.64 bits per heavy atom. The summed E-state index contributed by atoms with van der Waals surface area (Å²) in [5, 5.41) is 4.44. The summed E-state index contributed by atoms with van der Waals surface area (Å²) in [5.74, 6) is 5.34. The van der Waals surface area contributed by atoms with Crippen LogP contribution < -0.4 is 5.32 Å². The van der Waals surface area contributed by atoms with Gasteiger partial charge in [-0.05, 0) is 124 Å². The van der Waals surface area contributed by atoms with Gasteiger partial charge in [0.15, 0.2) is 0 Å². The normalized spacial score (nSPS) is 56.2. The van der Waals surface area contributed by atoms with Crippen LogP contribution in [-0.4, -0.2) is 21.8 Å². The van der Waals surface area contributed by atoms with Crippen molar-refractivity contribution < 1.29 is 9.59 Å². The van der Waals surface area contributed by atoms with Crippen molar-refractivity contribution in [2.24, 2.45) is 52.3 Å². The first-order valence-electron chi connectivity index (χ1n) is 14.0. The molecule has 0 aromatic rings. The second-order valence-corrected chi connectivity index (χ2v) is 15.3. The number of allylic oxidation sites excluding steroid dienone is 1. The molecule has 7 saturated carbocycles. The van der Waals surface area contributed by atoms with Crippen LogP contribution in [0.2, 0.25) is 0 Å². The van der Waals surface area contributed by atoms with E-state index in [9.17, 15) is 9.59 Å². The van der Waals surface area contributed by atoms with E-state index in [0.717, 1.165) is 42.9 Å². The molecule has 180 valence electrons. The van der Waals surface area contributed by atoms with Gasteiger partial charge in [0.1, 0.15) is 0 Å². The lowest BCUT2D eigenvalue weighted by atomic mass is 9.50. The van der Waals surface area contributed by atoms with E-state index < -0.39 is 0 Å². The Hall–Kier alpha value is -0.770. The molecule has 3 nitrogen and oxygen atoms in total. The van der Waals surface area contributed by atoms with E-state index in [0.29, 0.717) is 28.4 Å². The minimum absolute atomic E-state index is 0.144. The lowest BCUT2D eigenvalue weighted by molar-refractivity contribution is -0.131. The smallest absolute Gasteiger partial charge is 0.223 e. The molecule has 0 radical (unpaired) electrons. The molecule has 0 saturated heterocycles. The van der Waals surface area contributed by atoms with E-state index in [4.69, 9.17) is 0 Å². The summed E-state index contributed by atoms with van der Waals surface area (Å²) in [6.45, 7) is 4.94. The van der Waals surface area contributed by atoms with Crippen LogP contribution in [0.4, 0.5) is 0 Å². The third kappa shape index (κ3) is 3.21. The third-order valence-electron chi connectivity index (χ3n) is 12.1. The Kier molecular flexibility index (Phi) is 4.65. The van der Waals surface area contributed by atoms with E-state index in [1.165, 1.54) is 57.8 Å². The molecule has 4 heteroatoms. The van der Waals surface area contributed by atoms with Gasteiger partial charge in [0.25, 0.3) is 0 Å². The van der Waals surface area contributed by atoms with Crippen molar-refractivity contribution in [2.45, 2.75) is 102 Å². The van der Waals surface area contributed by atoms with Gasteiger partial charge in [-0.1, -0.05) is 31.7 Å². The molecule has 33 heavy (non-hydrogen) atoms. The fourth-order valence-electron chi connectivity index (χ4n) is 11.1. The minimum atomic E-state index is 0.144. The number of nitrogens with one attached hydrogen (secondary N) is 1. The van der Waals surface area contributed by atoms with Gasteiger partial charge in [0.05, 0.1) is 0 Å². The highest BCUT2D eigenvalue weighted by molar-refractivity contribution is 8.14. The van der Waals surface area contributed by atoms with Gasteiger partial charge in [0.2, 0.25) is 11.0 Å². The summed E-state index contributed by atoms with van der Waals surface area (Å²) in [7, 11) is 0. The van der Waals surface area contributed by atoms with Gasteiger partial charge < -0.3 is 5.32 Å². The zero-order chi connectivity index (χ0) is 22.6. The molecule has 1 aliphatic heterocycles. The topological polar surface area (TPSA) is 46.2 Å². The van der Waals surface area contributed by atoms with Crippen molar-refractivity contribution >= 4 is 22.8 Å². The van der Waals surface area contributed by atoms with Gasteiger partial charge in [-0.15, -0.1) is 0 Å². The first-order chi connectivity index (χ1) is 15.8. The number of hydrogen-bond acceptors (Lipinski definition) is 3. The van der Waals surface area contributed by atoms with Crippen molar-refractivity contribution in [3.05, 3.63) is 12.2 Å². The van der Waals surface area contributed by atoms with Crippen LogP contribution in [0, 0.1) is 52.3 Å². The molecule has 0 aromatic carbocycles. The first kappa shape index (κ1) is 21.5. The lowest BCUT2D eigenvalue weighted by Gasteiger charge is -2.57. The molecule has 8 rings (SSSR count). The van der Waals surface area contributed by atoms with Crippen molar-refractivity contribution in [1.82, 2.24) is 5.32 Å². The average molecular weight is 468 g/mol. The van der Waals surface area contributed by atoms with E-state index in [-0.39, 0.29) is 22.0 Å². The van der Waals surface area contributed by atoms with Crippen LogP contribution in [0.15, 0.2) is 12.2 Å². The van der Waals surface area contributed by atoms with Crippen LogP contribution >= 0.6 is 11.8 Å². The molecule has 7 atom stereocenters. The summed E-state index contributed by atoms with van der Waals surface area (Å²) in [6.07, 6.45) is 19.3. The number of carbonyl (C=O) groups excluding carboxylic acids is 2. The molecule has 7 fully saturated rings. The molecule has 1 N–H and O–H groups in total. The molecule has 4 bridgehead atoms. The van der Waals surface area contributed by atoms with E-state index >= 15 is 0 Å². The molecule has 0 spiro atoms. The fraction of sp³-hybridized carbons (Fsp3) is 0.862. The predicted molar refractivity (Wildman–Crippen MR) is 132 cm³/mol. The van der Waals surface area contributed by atoms with E-state index in [1.54, 1.807) is 11.8 Å². The molecule has 0 unspecified atom stereocenters. The van der Waals surface area contributed by atoms with Crippen LogP contribution in [0.1, 0.15) is 90.9 Å². The zero-order valence-corrected chi connectivity index (χ0v) is 21.3. The van der Waals surface area contributed by atoms with Crippen molar-refractivity contribution in [2.75, 3.05) is 0 Å². The number of carbonyl (C=O) groups is 2. The maximum absolute atomic E-state index is 13.7. The second-order valence-electron chi connectivity index (χ2n) is 14.1.